The molecular formula is C19H26N2O4. The Kier molecular flexibility index (Phi) is 6.86. The highest BCUT2D eigenvalue weighted by Crippen LogP contribution is 2.28. The summed E-state index contributed by atoms with van der Waals surface area (Å²) >= 11 is 0. The molecule has 1 fully saturated rings. The van der Waals surface area contributed by atoms with Gasteiger partial charge in [-0.05, 0) is 37.1 Å². The molecule has 1 aromatic rings. The van der Waals surface area contributed by atoms with Crippen LogP contribution < -0.4 is 9.47 Å². The second kappa shape index (κ2) is 9.11. The van der Waals surface area contributed by atoms with E-state index in [-0.39, 0.29) is 11.8 Å². The Morgan fingerprint density at radius 1 is 1.12 bits per heavy atom. The largest absolute Gasteiger partial charge is 0.493 e. The Bertz CT molecular complexity index is 642. The average molecular weight is 346 g/mol. The lowest BCUT2D eigenvalue weighted by Crippen LogP contribution is -2.35. The molecule has 2 amide bonds. The summed E-state index contributed by atoms with van der Waals surface area (Å²) in [6, 6.07) is 5.56. The molecule has 0 radical (unpaired) electrons. The van der Waals surface area contributed by atoms with Crippen molar-refractivity contribution in [2.75, 3.05) is 39.9 Å². The fourth-order valence-electron chi connectivity index (χ4n) is 2.79. The molecule has 0 N–H and O–H groups in total. The van der Waals surface area contributed by atoms with Gasteiger partial charge in [-0.15, -0.1) is 0 Å². The van der Waals surface area contributed by atoms with Crippen LogP contribution in [0.5, 0.6) is 11.5 Å². The van der Waals surface area contributed by atoms with E-state index in [9.17, 15) is 9.59 Å². The van der Waals surface area contributed by atoms with E-state index in [0.29, 0.717) is 44.3 Å². The maximum Gasteiger partial charge on any atom is 0.246 e. The zero-order valence-corrected chi connectivity index (χ0v) is 15.2. The molecule has 0 saturated carbocycles. The summed E-state index contributed by atoms with van der Waals surface area (Å²) in [4.78, 5) is 27.4. The Balaban J connectivity index is 2.02. The van der Waals surface area contributed by atoms with Gasteiger partial charge in [-0.2, -0.15) is 0 Å². The van der Waals surface area contributed by atoms with Crippen molar-refractivity contribution in [1.82, 2.24) is 9.80 Å². The summed E-state index contributed by atoms with van der Waals surface area (Å²) in [5, 5.41) is 0. The predicted molar refractivity (Wildman–Crippen MR) is 96.6 cm³/mol. The number of carbonyl (C=O) groups excluding carboxylic acids is 2. The van der Waals surface area contributed by atoms with Gasteiger partial charge in [0.05, 0.1) is 13.7 Å². The van der Waals surface area contributed by atoms with Crippen LogP contribution in [0, 0.1) is 0 Å². The first kappa shape index (κ1) is 18.8. The van der Waals surface area contributed by atoms with Crippen LogP contribution in [-0.4, -0.2) is 61.5 Å². The minimum absolute atomic E-state index is 0.0424. The summed E-state index contributed by atoms with van der Waals surface area (Å²) in [5.41, 5.74) is 0.873. The molecule has 0 atom stereocenters. The summed E-state index contributed by atoms with van der Waals surface area (Å²) in [6.07, 6.45) is 4.15. The molecule has 0 aliphatic carbocycles. The zero-order chi connectivity index (χ0) is 18.2. The van der Waals surface area contributed by atoms with E-state index in [2.05, 4.69) is 0 Å². The maximum atomic E-state index is 12.4. The monoisotopic (exact) mass is 346 g/mol. The number of rotatable bonds is 5. The van der Waals surface area contributed by atoms with Crippen molar-refractivity contribution in [1.29, 1.82) is 0 Å². The number of carbonyl (C=O) groups is 2. The highest BCUT2D eigenvalue weighted by molar-refractivity contribution is 5.92. The van der Waals surface area contributed by atoms with Crippen molar-refractivity contribution < 1.29 is 19.1 Å². The van der Waals surface area contributed by atoms with Gasteiger partial charge >= 0.3 is 0 Å². The van der Waals surface area contributed by atoms with Gasteiger partial charge in [0.25, 0.3) is 0 Å². The van der Waals surface area contributed by atoms with Gasteiger partial charge in [0.15, 0.2) is 11.5 Å². The van der Waals surface area contributed by atoms with E-state index in [1.807, 2.05) is 25.1 Å². The molecule has 1 saturated heterocycles. The standard InChI is InChI=1S/C19H26N2O4/c1-4-25-18-14-16(6-8-17(18)24-3)7-9-19(23)21-11-5-10-20(12-13-21)15(2)22/h6-9,14H,4-5,10-13H2,1-3H3/b9-7+. The molecule has 1 aromatic carbocycles. The normalized spacial score (nSPS) is 15.2. The van der Waals surface area contributed by atoms with Crippen molar-refractivity contribution in [2.24, 2.45) is 0 Å². The van der Waals surface area contributed by atoms with Gasteiger partial charge in [-0.3, -0.25) is 9.59 Å². The molecule has 0 unspecified atom stereocenters. The quantitative estimate of drug-likeness (QED) is 0.767. The van der Waals surface area contributed by atoms with Crippen molar-refractivity contribution >= 4 is 17.9 Å². The first-order valence-electron chi connectivity index (χ1n) is 8.58. The van der Waals surface area contributed by atoms with Crippen LogP contribution in [0.25, 0.3) is 6.08 Å². The molecule has 136 valence electrons. The Labute approximate surface area is 149 Å². The Morgan fingerprint density at radius 3 is 2.52 bits per heavy atom. The third kappa shape index (κ3) is 5.24. The van der Waals surface area contributed by atoms with Gasteiger partial charge in [0.1, 0.15) is 0 Å². The summed E-state index contributed by atoms with van der Waals surface area (Å²) in [7, 11) is 1.60. The molecule has 6 nitrogen and oxygen atoms in total. The van der Waals surface area contributed by atoms with Gasteiger partial charge in [-0.1, -0.05) is 6.07 Å². The van der Waals surface area contributed by atoms with Gasteiger partial charge < -0.3 is 19.3 Å². The van der Waals surface area contributed by atoms with E-state index in [1.54, 1.807) is 36.0 Å². The lowest BCUT2D eigenvalue weighted by Gasteiger charge is -2.20. The predicted octanol–water partition coefficient (Wildman–Crippen LogP) is 2.19. The molecule has 1 aliphatic rings. The van der Waals surface area contributed by atoms with Crippen LogP contribution in [-0.2, 0) is 9.59 Å². The molecule has 25 heavy (non-hydrogen) atoms. The van der Waals surface area contributed by atoms with Crippen LogP contribution >= 0.6 is 0 Å². The number of methoxy groups -OCH3 is 1. The fourth-order valence-corrected chi connectivity index (χ4v) is 2.79. The van der Waals surface area contributed by atoms with E-state index >= 15 is 0 Å². The molecular weight excluding hydrogens is 320 g/mol. The van der Waals surface area contributed by atoms with Crippen LogP contribution in [0.2, 0.25) is 0 Å². The minimum Gasteiger partial charge on any atom is -0.493 e. The Hall–Kier alpha value is -2.50. The van der Waals surface area contributed by atoms with Crippen molar-refractivity contribution in [3.8, 4) is 11.5 Å². The molecule has 0 bridgehead atoms. The fraction of sp³-hybridized carbons (Fsp3) is 0.474. The summed E-state index contributed by atoms with van der Waals surface area (Å²) in [6.45, 7) is 6.55. The molecule has 0 spiro atoms. The van der Waals surface area contributed by atoms with E-state index in [4.69, 9.17) is 9.47 Å². The number of amides is 2. The van der Waals surface area contributed by atoms with Crippen LogP contribution in [0.1, 0.15) is 25.8 Å². The second-order valence-corrected chi connectivity index (χ2v) is 5.86. The average Bonchev–Trinajstić information content (AvgIpc) is 2.86. The number of ether oxygens (including phenoxy) is 2. The van der Waals surface area contributed by atoms with Crippen molar-refractivity contribution in [3.63, 3.8) is 0 Å². The highest BCUT2D eigenvalue weighted by atomic mass is 16.5. The Morgan fingerprint density at radius 2 is 1.84 bits per heavy atom. The lowest BCUT2D eigenvalue weighted by molar-refractivity contribution is -0.130. The van der Waals surface area contributed by atoms with Gasteiger partial charge in [0, 0.05) is 39.2 Å². The third-order valence-electron chi connectivity index (χ3n) is 4.16. The SMILES string of the molecule is CCOc1cc(/C=C/C(=O)N2CCCN(C(C)=O)CC2)ccc1OC. The minimum atomic E-state index is -0.0424. The highest BCUT2D eigenvalue weighted by Gasteiger charge is 2.18. The van der Waals surface area contributed by atoms with Crippen molar-refractivity contribution in [3.05, 3.63) is 29.8 Å². The van der Waals surface area contributed by atoms with E-state index < -0.39 is 0 Å². The molecule has 1 heterocycles. The number of benzene rings is 1. The number of hydrogen-bond acceptors (Lipinski definition) is 4. The summed E-state index contributed by atoms with van der Waals surface area (Å²) in [5.74, 6) is 1.35. The smallest absolute Gasteiger partial charge is 0.246 e. The van der Waals surface area contributed by atoms with E-state index in [0.717, 1.165) is 12.0 Å². The van der Waals surface area contributed by atoms with Crippen molar-refractivity contribution in [2.45, 2.75) is 20.3 Å². The summed E-state index contributed by atoms with van der Waals surface area (Å²) < 4.78 is 10.8. The molecule has 2 rings (SSSR count). The van der Waals surface area contributed by atoms with Gasteiger partial charge in [-0.25, -0.2) is 0 Å². The topological polar surface area (TPSA) is 59.1 Å². The zero-order valence-electron chi connectivity index (χ0n) is 15.2. The van der Waals surface area contributed by atoms with Gasteiger partial charge in [0.2, 0.25) is 11.8 Å². The van der Waals surface area contributed by atoms with E-state index in [1.165, 1.54) is 0 Å². The van der Waals surface area contributed by atoms with Crippen LogP contribution in [0.4, 0.5) is 0 Å². The third-order valence-corrected chi connectivity index (χ3v) is 4.16. The first-order chi connectivity index (χ1) is 12.0. The molecule has 6 heteroatoms. The van der Waals surface area contributed by atoms with Crippen LogP contribution in [0.15, 0.2) is 24.3 Å². The molecule has 0 aromatic heterocycles. The number of nitrogens with zero attached hydrogens (tertiary/aromatic N) is 2. The molecule has 1 aliphatic heterocycles. The maximum absolute atomic E-state index is 12.4. The lowest BCUT2D eigenvalue weighted by atomic mass is 10.2. The number of hydrogen-bond donors (Lipinski definition) is 0. The first-order valence-corrected chi connectivity index (χ1v) is 8.58. The van der Waals surface area contributed by atoms with Crippen LogP contribution in [0.3, 0.4) is 0 Å². The second-order valence-electron chi connectivity index (χ2n) is 5.86.